The lowest BCUT2D eigenvalue weighted by atomic mass is 10.2. The molecule has 0 saturated carbocycles. The molecule has 9 heteroatoms. The normalized spacial score (nSPS) is 11.9. The van der Waals surface area contributed by atoms with Crippen LogP contribution >= 0.6 is 23.4 Å². The van der Waals surface area contributed by atoms with Crippen LogP contribution in [0.5, 0.6) is 0 Å². The zero-order valence-corrected chi connectivity index (χ0v) is 17.3. The summed E-state index contributed by atoms with van der Waals surface area (Å²) in [6.07, 6.45) is 0. The van der Waals surface area contributed by atoms with Crippen LogP contribution in [0.4, 0.5) is 11.4 Å². The second-order valence-corrected chi connectivity index (χ2v) is 8.12. The van der Waals surface area contributed by atoms with E-state index in [-0.39, 0.29) is 5.91 Å². The number of nitrogens with two attached hydrogens (primary N) is 1. The van der Waals surface area contributed by atoms with Crippen molar-refractivity contribution in [2.75, 3.05) is 30.2 Å². The summed E-state index contributed by atoms with van der Waals surface area (Å²) >= 11 is 7.16. The first kappa shape index (κ1) is 20.0. The lowest BCUT2D eigenvalue weighted by Gasteiger charge is -2.14. The van der Waals surface area contributed by atoms with E-state index in [9.17, 15) is 4.79 Å². The van der Waals surface area contributed by atoms with Gasteiger partial charge in [0.2, 0.25) is 11.1 Å². The highest BCUT2D eigenvalue weighted by molar-refractivity contribution is 8.00. The van der Waals surface area contributed by atoms with Crippen LogP contribution in [-0.2, 0) is 4.79 Å². The number of benzene rings is 2. The summed E-state index contributed by atoms with van der Waals surface area (Å²) in [5.41, 5.74) is 2.59. The molecule has 0 aliphatic carbocycles. The fourth-order valence-electron chi connectivity index (χ4n) is 2.45. The molecule has 0 aliphatic heterocycles. The number of hydrogen-bond acceptors (Lipinski definition) is 6. The van der Waals surface area contributed by atoms with Crippen molar-refractivity contribution < 1.29 is 4.79 Å². The van der Waals surface area contributed by atoms with E-state index in [1.165, 1.54) is 16.4 Å². The molecule has 0 aliphatic rings. The number of thioether (sulfide) groups is 1. The minimum absolute atomic E-state index is 0.140. The van der Waals surface area contributed by atoms with E-state index in [0.717, 1.165) is 16.9 Å². The van der Waals surface area contributed by atoms with Crippen LogP contribution in [0.1, 0.15) is 6.92 Å². The van der Waals surface area contributed by atoms with E-state index < -0.39 is 5.25 Å². The van der Waals surface area contributed by atoms with Gasteiger partial charge in [-0.15, -0.1) is 10.2 Å². The van der Waals surface area contributed by atoms with Gasteiger partial charge in [-0.2, -0.15) is 0 Å². The van der Waals surface area contributed by atoms with Crippen molar-refractivity contribution in [3.8, 4) is 11.4 Å². The van der Waals surface area contributed by atoms with E-state index in [2.05, 4.69) is 15.5 Å². The predicted octanol–water partition coefficient (Wildman–Crippen LogP) is 3.50. The Kier molecular flexibility index (Phi) is 6.11. The van der Waals surface area contributed by atoms with Gasteiger partial charge in [0.15, 0.2) is 5.82 Å². The molecule has 0 fully saturated rings. The van der Waals surface area contributed by atoms with Crippen LogP contribution < -0.4 is 16.1 Å². The summed E-state index contributed by atoms with van der Waals surface area (Å²) in [4.78, 5) is 14.5. The van der Waals surface area contributed by atoms with Crippen molar-refractivity contribution >= 4 is 40.6 Å². The van der Waals surface area contributed by atoms with Crippen LogP contribution in [0, 0.1) is 0 Å². The first-order valence-corrected chi connectivity index (χ1v) is 9.82. The Morgan fingerprint density at radius 1 is 1.14 bits per heavy atom. The minimum atomic E-state index is -0.405. The standard InChI is InChI=1S/C19H21ClN6OS/c1-12(18(27)22-15-8-10-16(11-9-15)25(2)3)28-19-24-23-17(26(19)21)13-4-6-14(20)7-5-13/h4-12H,21H2,1-3H3,(H,22,27). The van der Waals surface area contributed by atoms with Crippen molar-refractivity contribution in [3.63, 3.8) is 0 Å². The summed E-state index contributed by atoms with van der Waals surface area (Å²) in [6, 6.07) is 14.8. The molecular weight excluding hydrogens is 396 g/mol. The molecular formula is C19H21ClN6OS. The third-order valence-electron chi connectivity index (χ3n) is 4.07. The minimum Gasteiger partial charge on any atom is -0.378 e. The molecule has 28 heavy (non-hydrogen) atoms. The van der Waals surface area contributed by atoms with Gasteiger partial charge in [-0.3, -0.25) is 4.79 Å². The fraction of sp³-hybridized carbons (Fsp3) is 0.211. The van der Waals surface area contributed by atoms with E-state index in [1.807, 2.05) is 55.4 Å². The Bertz CT molecular complexity index is 956. The largest absolute Gasteiger partial charge is 0.378 e. The molecule has 3 rings (SSSR count). The van der Waals surface area contributed by atoms with Gasteiger partial charge < -0.3 is 16.1 Å². The summed E-state index contributed by atoms with van der Waals surface area (Å²) < 4.78 is 1.38. The molecule has 0 radical (unpaired) electrons. The van der Waals surface area contributed by atoms with Crippen LogP contribution in [0.25, 0.3) is 11.4 Å². The average Bonchev–Trinajstić information content (AvgIpc) is 3.03. The Morgan fingerprint density at radius 2 is 1.79 bits per heavy atom. The van der Waals surface area contributed by atoms with E-state index >= 15 is 0 Å². The van der Waals surface area contributed by atoms with Crippen molar-refractivity contribution in [2.45, 2.75) is 17.3 Å². The molecule has 1 unspecified atom stereocenters. The van der Waals surface area contributed by atoms with Crippen molar-refractivity contribution in [2.24, 2.45) is 0 Å². The highest BCUT2D eigenvalue weighted by Gasteiger charge is 2.20. The van der Waals surface area contributed by atoms with Crippen molar-refractivity contribution in [1.82, 2.24) is 14.9 Å². The molecule has 0 bridgehead atoms. The number of nitrogen functional groups attached to an aromatic ring is 1. The number of carbonyl (C=O) groups excluding carboxylic acids is 1. The maximum atomic E-state index is 12.5. The van der Waals surface area contributed by atoms with Gasteiger partial charge in [-0.25, -0.2) is 4.68 Å². The van der Waals surface area contributed by atoms with Crippen LogP contribution in [-0.4, -0.2) is 40.1 Å². The van der Waals surface area contributed by atoms with Gasteiger partial charge in [-0.1, -0.05) is 23.4 Å². The number of hydrogen-bond donors (Lipinski definition) is 2. The first-order valence-electron chi connectivity index (χ1n) is 8.56. The number of halogens is 1. The van der Waals surface area contributed by atoms with Gasteiger partial charge >= 0.3 is 0 Å². The van der Waals surface area contributed by atoms with Crippen LogP contribution in [0.3, 0.4) is 0 Å². The SMILES string of the molecule is CC(Sc1nnc(-c2ccc(Cl)cc2)n1N)C(=O)Nc1ccc(N(C)C)cc1. The zero-order chi connectivity index (χ0) is 20.3. The molecule has 3 aromatic rings. The number of nitrogens with one attached hydrogen (secondary N) is 1. The van der Waals surface area contributed by atoms with Gasteiger partial charge in [0.05, 0.1) is 5.25 Å². The second-order valence-electron chi connectivity index (χ2n) is 6.37. The molecule has 2 aromatic carbocycles. The number of amides is 1. The fourth-order valence-corrected chi connectivity index (χ4v) is 3.35. The maximum Gasteiger partial charge on any atom is 0.237 e. The molecule has 1 amide bonds. The summed E-state index contributed by atoms with van der Waals surface area (Å²) in [5, 5.41) is 11.8. The molecule has 7 nitrogen and oxygen atoms in total. The zero-order valence-electron chi connectivity index (χ0n) is 15.8. The number of aromatic nitrogens is 3. The van der Waals surface area contributed by atoms with E-state index in [0.29, 0.717) is 16.0 Å². The highest BCUT2D eigenvalue weighted by Crippen LogP contribution is 2.26. The number of carbonyl (C=O) groups is 1. The lowest BCUT2D eigenvalue weighted by molar-refractivity contribution is -0.115. The molecule has 1 heterocycles. The van der Waals surface area contributed by atoms with E-state index in [1.54, 1.807) is 19.1 Å². The molecule has 0 spiro atoms. The first-order chi connectivity index (χ1) is 13.3. The molecule has 1 atom stereocenters. The van der Waals surface area contributed by atoms with E-state index in [4.69, 9.17) is 17.4 Å². The molecule has 0 saturated heterocycles. The third-order valence-corrected chi connectivity index (χ3v) is 5.38. The molecule has 146 valence electrons. The number of nitrogens with zero attached hydrogens (tertiary/aromatic N) is 4. The molecule has 3 N–H and O–H groups in total. The Hall–Kier alpha value is -2.71. The molecule has 1 aromatic heterocycles. The predicted molar refractivity (Wildman–Crippen MR) is 115 cm³/mol. The van der Waals surface area contributed by atoms with Crippen LogP contribution in [0.2, 0.25) is 5.02 Å². The number of anilines is 2. The smallest absolute Gasteiger partial charge is 0.237 e. The Labute approximate surface area is 172 Å². The Balaban J connectivity index is 1.66. The topological polar surface area (TPSA) is 89.1 Å². The second kappa shape index (κ2) is 8.53. The van der Waals surface area contributed by atoms with Gasteiger partial charge in [0, 0.05) is 36.1 Å². The summed E-state index contributed by atoms with van der Waals surface area (Å²) in [6.45, 7) is 1.80. The number of rotatable bonds is 6. The third kappa shape index (κ3) is 4.58. The van der Waals surface area contributed by atoms with Crippen LogP contribution in [0.15, 0.2) is 53.7 Å². The summed E-state index contributed by atoms with van der Waals surface area (Å²) in [5.74, 6) is 6.49. The monoisotopic (exact) mass is 416 g/mol. The highest BCUT2D eigenvalue weighted by atomic mass is 35.5. The maximum absolute atomic E-state index is 12.5. The van der Waals surface area contributed by atoms with Gasteiger partial charge in [-0.05, 0) is 55.5 Å². The van der Waals surface area contributed by atoms with Crippen molar-refractivity contribution in [3.05, 3.63) is 53.6 Å². The van der Waals surface area contributed by atoms with Gasteiger partial charge in [0.1, 0.15) is 0 Å². The quantitative estimate of drug-likeness (QED) is 0.472. The van der Waals surface area contributed by atoms with Crippen molar-refractivity contribution in [1.29, 1.82) is 0 Å². The van der Waals surface area contributed by atoms with Gasteiger partial charge in [0.25, 0.3) is 0 Å². The summed E-state index contributed by atoms with van der Waals surface area (Å²) in [7, 11) is 3.93. The Morgan fingerprint density at radius 3 is 2.39 bits per heavy atom. The average molecular weight is 417 g/mol. The lowest BCUT2D eigenvalue weighted by Crippen LogP contribution is -2.23.